The molecule has 0 aliphatic carbocycles. The maximum absolute atomic E-state index is 5.00. The largest absolute Gasteiger partial charge is 0.355 e. The Morgan fingerprint density at radius 1 is 0.613 bits per heavy atom. The lowest BCUT2D eigenvalue weighted by molar-refractivity contribution is 1.47. The van der Waals surface area contributed by atoms with Gasteiger partial charge in [0.1, 0.15) is 0 Å². The summed E-state index contributed by atoms with van der Waals surface area (Å²) < 4.78 is 2.39. The molecule has 152 valence electrons. The SMILES string of the molecule is Ic1ccc(N=C(/C=C(/Nc2ccccc2)c2ccccc2)c2ccc(I)cc2)cc1. The zero-order valence-corrected chi connectivity index (χ0v) is 21.0. The number of anilines is 1. The van der Waals surface area contributed by atoms with Gasteiger partial charge in [0.25, 0.3) is 0 Å². The first kappa shape index (κ1) is 21.8. The zero-order valence-electron chi connectivity index (χ0n) is 16.7. The smallest absolute Gasteiger partial charge is 0.0730 e. The molecule has 0 saturated heterocycles. The molecule has 0 atom stereocenters. The summed E-state index contributed by atoms with van der Waals surface area (Å²) in [5, 5.41) is 3.58. The Morgan fingerprint density at radius 3 is 1.77 bits per heavy atom. The van der Waals surface area contributed by atoms with Gasteiger partial charge in [-0.05, 0) is 105 Å². The van der Waals surface area contributed by atoms with Gasteiger partial charge in [0.2, 0.25) is 0 Å². The number of rotatable bonds is 6. The zero-order chi connectivity index (χ0) is 21.5. The molecule has 0 unspecified atom stereocenters. The molecular weight excluding hydrogens is 606 g/mol. The lowest BCUT2D eigenvalue weighted by Gasteiger charge is -2.13. The summed E-state index contributed by atoms with van der Waals surface area (Å²) in [5.41, 5.74) is 6.04. The topological polar surface area (TPSA) is 24.4 Å². The van der Waals surface area contributed by atoms with Crippen molar-refractivity contribution >= 4 is 68.0 Å². The second kappa shape index (κ2) is 10.7. The van der Waals surface area contributed by atoms with Gasteiger partial charge in [-0.25, -0.2) is 4.99 Å². The van der Waals surface area contributed by atoms with E-state index in [1.165, 1.54) is 7.14 Å². The number of hydrogen-bond acceptors (Lipinski definition) is 2. The summed E-state index contributed by atoms with van der Waals surface area (Å²) >= 11 is 4.64. The van der Waals surface area contributed by atoms with E-state index in [0.29, 0.717) is 0 Å². The van der Waals surface area contributed by atoms with Gasteiger partial charge in [-0.1, -0.05) is 60.7 Å². The van der Waals surface area contributed by atoms with E-state index in [1.807, 2.05) is 24.3 Å². The Hall–Kier alpha value is -2.45. The van der Waals surface area contributed by atoms with Gasteiger partial charge in [-0.3, -0.25) is 0 Å². The molecule has 4 aromatic carbocycles. The third-order valence-corrected chi connectivity index (χ3v) is 6.07. The van der Waals surface area contributed by atoms with Crippen molar-refractivity contribution in [3.8, 4) is 0 Å². The average molecular weight is 626 g/mol. The van der Waals surface area contributed by atoms with E-state index >= 15 is 0 Å². The predicted molar refractivity (Wildman–Crippen MR) is 149 cm³/mol. The van der Waals surface area contributed by atoms with Crippen LogP contribution in [0.4, 0.5) is 11.4 Å². The molecule has 0 amide bonds. The van der Waals surface area contributed by atoms with Crippen molar-refractivity contribution in [2.24, 2.45) is 4.99 Å². The lowest BCUT2D eigenvalue weighted by atomic mass is 10.1. The number of nitrogens with zero attached hydrogens (tertiary/aromatic N) is 1. The summed E-state index contributed by atoms with van der Waals surface area (Å²) in [6.07, 6.45) is 2.13. The molecule has 0 bridgehead atoms. The number of aliphatic imine (C=N–C) groups is 1. The quantitative estimate of drug-likeness (QED) is 0.170. The van der Waals surface area contributed by atoms with Crippen molar-refractivity contribution in [3.05, 3.63) is 134 Å². The van der Waals surface area contributed by atoms with Crippen molar-refractivity contribution in [2.75, 3.05) is 5.32 Å². The highest BCUT2D eigenvalue weighted by molar-refractivity contribution is 14.1. The molecule has 0 aliphatic rings. The number of nitrogens with one attached hydrogen (secondary N) is 1. The highest BCUT2D eigenvalue weighted by Crippen LogP contribution is 2.22. The monoisotopic (exact) mass is 626 g/mol. The minimum absolute atomic E-state index is 0.903. The Bertz CT molecular complexity index is 1180. The fourth-order valence-electron chi connectivity index (χ4n) is 3.08. The Morgan fingerprint density at radius 2 is 1.16 bits per heavy atom. The predicted octanol–water partition coefficient (Wildman–Crippen LogP) is 8.17. The van der Waals surface area contributed by atoms with Gasteiger partial charge in [-0.2, -0.15) is 0 Å². The van der Waals surface area contributed by atoms with Gasteiger partial charge in [0, 0.05) is 24.1 Å². The van der Waals surface area contributed by atoms with Crippen LogP contribution in [0.5, 0.6) is 0 Å². The second-order valence-electron chi connectivity index (χ2n) is 6.90. The molecule has 4 aromatic rings. The molecule has 0 radical (unpaired) electrons. The van der Waals surface area contributed by atoms with Gasteiger partial charge in [0.15, 0.2) is 0 Å². The molecule has 0 heterocycles. The van der Waals surface area contributed by atoms with Crippen LogP contribution in [0, 0.1) is 7.14 Å². The lowest BCUT2D eigenvalue weighted by Crippen LogP contribution is -2.04. The summed E-state index contributed by atoms with van der Waals surface area (Å²) in [6.45, 7) is 0. The molecule has 1 N–H and O–H groups in total. The highest BCUT2D eigenvalue weighted by Gasteiger charge is 2.08. The molecule has 0 saturated carbocycles. The van der Waals surface area contributed by atoms with Gasteiger partial charge in [-0.15, -0.1) is 0 Å². The van der Waals surface area contributed by atoms with Crippen LogP contribution in [0.1, 0.15) is 11.1 Å². The number of allylic oxidation sites excluding steroid dienone is 1. The molecule has 0 fully saturated rings. The first-order valence-electron chi connectivity index (χ1n) is 9.87. The minimum atomic E-state index is 0.903. The number of hydrogen-bond donors (Lipinski definition) is 1. The van der Waals surface area contributed by atoms with Crippen molar-refractivity contribution in [3.63, 3.8) is 0 Å². The van der Waals surface area contributed by atoms with Crippen LogP contribution < -0.4 is 5.32 Å². The molecule has 4 rings (SSSR count). The van der Waals surface area contributed by atoms with E-state index in [2.05, 4.69) is 142 Å². The summed E-state index contributed by atoms with van der Waals surface area (Å²) in [4.78, 5) is 5.00. The molecule has 0 spiro atoms. The van der Waals surface area contributed by atoms with Crippen molar-refractivity contribution in [1.29, 1.82) is 0 Å². The Kier molecular flexibility index (Phi) is 7.53. The van der Waals surface area contributed by atoms with Crippen molar-refractivity contribution < 1.29 is 0 Å². The summed E-state index contributed by atoms with van der Waals surface area (Å²) in [7, 11) is 0. The molecular formula is C27H20I2N2. The van der Waals surface area contributed by atoms with Gasteiger partial charge in [0.05, 0.1) is 11.4 Å². The van der Waals surface area contributed by atoms with Crippen LogP contribution in [0.15, 0.2) is 120 Å². The fraction of sp³-hybridized carbons (Fsp3) is 0. The molecule has 4 heteroatoms. The van der Waals surface area contributed by atoms with Crippen LogP contribution >= 0.6 is 45.2 Å². The Labute approximate surface area is 210 Å². The first-order chi connectivity index (χ1) is 15.2. The van der Waals surface area contributed by atoms with Gasteiger partial charge >= 0.3 is 0 Å². The normalized spacial score (nSPS) is 11.9. The fourth-order valence-corrected chi connectivity index (χ4v) is 3.80. The number of para-hydroxylation sites is 1. The van der Waals surface area contributed by atoms with Crippen molar-refractivity contribution in [1.82, 2.24) is 0 Å². The summed E-state index contributed by atoms with van der Waals surface area (Å²) in [5.74, 6) is 0. The van der Waals surface area contributed by atoms with Gasteiger partial charge < -0.3 is 5.32 Å². The molecule has 0 aromatic heterocycles. The second-order valence-corrected chi connectivity index (χ2v) is 9.39. The average Bonchev–Trinajstić information content (AvgIpc) is 2.81. The molecule has 0 aliphatic heterocycles. The van der Waals surface area contributed by atoms with E-state index in [1.54, 1.807) is 0 Å². The van der Waals surface area contributed by atoms with E-state index in [9.17, 15) is 0 Å². The standard InChI is InChI=1S/C27H20I2N2/c28-22-13-11-21(12-14-22)27(31-25-17-15-23(29)16-18-25)19-26(20-7-3-1-4-8-20)30-24-9-5-2-6-10-24/h1-19,30H/b26-19+,31-27?. The van der Waals surface area contributed by atoms with Crippen LogP contribution in [0.3, 0.4) is 0 Å². The van der Waals surface area contributed by atoms with E-state index in [0.717, 1.165) is 33.9 Å². The van der Waals surface area contributed by atoms with E-state index < -0.39 is 0 Å². The van der Waals surface area contributed by atoms with E-state index in [4.69, 9.17) is 4.99 Å². The highest BCUT2D eigenvalue weighted by atomic mass is 127. The van der Waals surface area contributed by atoms with Crippen LogP contribution in [0.25, 0.3) is 5.70 Å². The number of benzene rings is 4. The summed E-state index contributed by atoms with van der Waals surface area (Å²) in [6, 6.07) is 37.3. The Balaban J connectivity index is 1.83. The third-order valence-electron chi connectivity index (χ3n) is 4.63. The first-order valence-corrected chi connectivity index (χ1v) is 12.0. The molecule has 2 nitrogen and oxygen atoms in total. The van der Waals surface area contributed by atoms with Crippen molar-refractivity contribution in [2.45, 2.75) is 0 Å². The van der Waals surface area contributed by atoms with Crippen LogP contribution in [-0.2, 0) is 0 Å². The van der Waals surface area contributed by atoms with Crippen LogP contribution in [0.2, 0.25) is 0 Å². The minimum Gasteiger partial charge on any atom is -0.355 e. The van der Waals surface area contributed by atoms with Crippen LogP contribution in [-0.4, -0.2) is 5.71 Å². The van der Waals surface area contributed by atoms with E-state index in [-0.39, 0.29) is 0 Å². The third kappa shape index (κ3) is 6.27. The molecule has 31 heavy (non-hydrogen) atoms. The maximum atomic E-state index is 5.00. The number of halogens is 2. The maximum Gasteiger partial charge on any atom is 0.0730 e.